The predicted octanol–water partition coefficient (Wildman–Crippen LogP) is 3.76. The zero-order chi connectivity index (χ0) is 13.3. The molecule has 1 aromatic carbocycles. The van der Waals surface area contributed by atoms with Crippen molar-refractivity contribution in [3.8, 4) is 0 Å². The fourth-order valence-electron chi connectivity index (χ4n) is 1.48. The lowest BCUT2D eigenvalue weighted by Gasteiger charge is -2.13. The highest BCUT2D eigenvalue weighted by molar-refractivity contribution is 9.10. The van der Waals surface area contributed by atoms with Gasteiger partial charge < -0.3 is 11.1 Å². The maximum Gasteiger partial charge on any atom is 0.152 e. The first-order chi connectivity index (χ1) is 8.50. The topological polar surface area (TPSA) is 50.9 Å². The van der Waals surface area contributed by atoms with Crippen LogP contribution < -0.4 is 11.1 Å². The molecule has 0 bridgehead atoms. The molecule has 0 spiro atoms. The predicted molar refractivity (Wildman–Crippen MR) is 70.7 cm³/mol. The second-order valence-electron chi connectivity index (χ2n) is 3.76. The fourth-order valence-corrected chi connectivity index (χ4v) is 1.92. The number of aromatic nitrogens is 1. The zero-order valence-corrected chi connectivity index (χ0v) is 11.1. The molecule has 2 aromatic rings. The van der Waals surface area contributed by atoms with E-state index in [-0.39, 0.29) is 5.69 Å². The molecule has 3 nitrogen and oxygen atoms in total. The molecule has 3 N–H and O–H groups in total. The van der Waals surface area contributed by atoms with Crippen molar-refractivity contribution in [1.82, 2.24) is 4.98 Å². The van der Waals surface area contributed by atoms with Gasteiger partial charge in [0.2, 0.25) is 0 Å². The van der Waals surface area contributed by atoms with Gasteiger partial charge in [-0.25, -0.2) is 8.78 Å². The molecule has 0 aliphatic rings. The first-order valence-electron chi connectivity index (χ1n) is 5.11. The Morgan fingerprint density at radius 3 is 2.61 bits per heavy atom. The van der Waals surface area contributed by atoms with Crippen LogP contribution in [0.1, 0.15) is 5.56 Å². The number of hydrogen-bond acceptors (Lipinski definition) is 3. The van der Waals surface area contributed by atoms with Gasteiger partial charge in [0, 0.05) is 6.20 Å². The van der Waals surface area contributed by atoms with Crippen molar-refractivity contribution in [3.63, 3.8) is 0 Å². The van der Waals surface area contributed by atoms with E-state index < -0.39 is 11.6 Å². The third-order valence-electron chi connectivity index (χ3n) is 2.46. The summed E-state index contributed by atoms with van der Waals surface area (Å²) in [6.45, 7) is 1.56. The molecule has 1 aromatic heterocycles. The minimum atomic E-state index is -0.679. The average molecular weight is 314 g/mol. The summed E-state index contributed by atoms with van der Waals surface area (Å²) in [6.07, 6.45) is 2.89. The van der Waals surface area contributed by atoms with Crippen molar-refractivity contribution in [2.24, 2.45) is 0 Å². The van der Waals surface area contributed by atoms with E-state index in [0.29, 0.717) is 21.4 Å². The summed E-state index contributed by atoms with van der Waals surface area (Å²) in [4.78, 5) is 3.85. The summed E-state index contributed by atoms with van der Waals surface area (Å²) < 4.78 is 28.0. The number of rotatable bonds is 2. The van der Waals surface area contributed by atoms with Gasteiger partial charge in [-0.15, -0.1) is 0 Å². The van der Waals surface area contributed by atoms with E-state index in [1.54, 1.807) is 6.92 Å². The van der Waals surface area contributed by atoms with Gasteiger partial charge in [-0.1, -0.05) is 6.07 Å². The normalized spacial score (nSPS) is 10.4. The van der Waals surface area contributed by atoms with Crippen molar-refractivity contribution >= 4 is 33.0 Å². The lowest BCUT2D eigenvalue weighted by molar-refractivity contribution is 0.585. The van der Waals surface area contributed by atoms with Crippen LogP contribution in [0.5, 0.6) is 0 Å². The summed E-state index contributed by atoms with van der Waals surface area (Å²) in [6, 6.07) is 2.58. The van der Waals surface area contributed by atoms with E-state index in [1.807, 2.05) is 0 Å². The van der Waals surface area contributed by atoms with E-state index in [0.717, 1.165) is 0 Å². The van der Waals surface area contributed by atoms with Gasteiger partial charge in [0.05, 0.1) is 22.0 Å². The number of halogens is 3. The molecule has 0 saturated carbocycles. The number of nitrogen functional groups attached to an aromatic ring is 1. The van der Waals surface area contributed by atoms with Crippen LogP contribution in [-0.2, 0) is 0 Å². The van der Waals surface area contributed by atoms with Crippen LogP contribution in [0.2, 0.25) is 0 Å². The molecule has 0 amide bonds. The monoisotopic (exact) mass is 313 g/mol. The summed E-state index contributed by atoms with van der Waals surface area (Å²) in [5, 5.41) is 2.66. The van der Waals surface area contributed by atoms with E-state index in [4.69, 9.17) is 5.73 Å². The van der Waals surface area contributed by atoms with Crippen molar-refractivity contribution in [1.29, 1.82) is 0 Å². The Kier molecular flexibility index (Phi) is 3.47. The van der Waals surface area contributed by atoms with E-state index in [1.165, 1.54) is 24.5 Å². The Hall–Kier alpha value is -1.69. The van der Waals surface area contributed by atoms with E-state index in [2.05, 4.69) is 26.2 Å². The number of pyridine rings is 1. The van der Waals surface area contributed by atoms with Crippen LogP contribution in [0.3, 0.4) is 0 Å². The number of anilines is 3. The third-order valence-corrected chi connectivity index (χ3v) is 3.06. The fraction of sp³-hybridized carbons (Fsp3) is 0.0833. The Labute approximate surface area is 111 Å². The van der Waals surface area contributed by atoms with Crippen LogP contribution in [0, 0.1) is 18.6 Å². The number of nitrogens with one attached hydrogen (secondary N) is 1. The standard InChI is InChI=1S/C12H10BrF2N3/c1-6-2-3-8(14)12(10(6)15)18-11-7(13)4-17-5-9(11)16/h2-5H,16H2,1H3,(H,17,18). The molecule has 0 unspecified atom stereocenters. The van der Waals surface area contributed by atoms with Gasteiger partial charge in [-0.05, 0) is 34.5 Å². The van der Waals surface area contributed by atoms with E-state index >= 15 is 0 Å². The Morgan fingerprint density at radius 2 is 1.94 bits per heavy atom. The van der Waals surface area contributed by atoms with Gasteiger partial charge in [-0.3, -0.25) is 4.98 Å². The zero-order valence-electron chi connectivity index (χ0n) is 9.47. The Bertz CT molecular complexity index is 582. The maximum atomic E-state index is 13.8. The molecule has 0 atom stereocenters. The van der Waals surface area contributed by atoms with Crippen LogP contribution in [0.15, 0.2) is 29.0 Å². The molecule has 2 rings (SSSR count). The third kappa shape index (κ3) is 2.28. The summed E-state index contributed by atoms with van der Waals surface area (Å²) in [5.41, 5.74) is 6.51. The first-order valence-corrected chi connectivity index (χ1v) is 5.90. The van der Waals surface area contributed by atoms with Gasteiger partial charge in [0.1, 0.15) is 11.5 Å². The van der Waals surface area contributed by atoms with Gasteiger partial charge in [0.25, 0.3) is 0 Å². The second kappa shape index (κ2) is 4.89. The van der Waals surface area contributed by atoms with Crippen molar-refractivity contribution in [2.75, 3.05) is 11.1 Å². The molecule has 6 heteroatoms. The lowest BCUT2D eigenvalue weighted by Crippen LogP contribution is -2.03. The summed E-state index contributed by atoms with van der Waals surface area (Å²) in [5.74, 6) is -1.32. The summed E-state index contributed by atoms with van der Waals surface area (Å²) >= 11 is 3.22. The Balaban J connectivity index is 2.50. The Morgan fingerprint density at radius 1 is 1.22 bits per heavy atom. The van der Waals surface area contributed by atoms with Crippen molar-refractivity contribution in [2.45, 2.75) is 6.92 Å². The van der Waals surface area contributed by atoms with Gasteiger partial charge in [0.15, 0.2) is 5.82 Å². The SMILES string of the molecule is Cc1ccc(F)c(Nc2c(N)cncc2Br)c1F. The largest absolute Gasteiger partial charge is 0.396 e. The van der Waals surface area contributed by atoms with Crippen LogP contribution >= 0.6 is 15.9 Å². The van der Waals surface area contributed by atoms with Crippen molar-refractivity contribution < 1.29 is 8.78 Å². The molecule has 0 fully saturated rings. The van der Waals surface area contributed by atoms with E-state index in [9.17, 15) is 8.78 Å². The van der Waals surface area contributed by atoms with Crippen LogP contribution in [0.4, 0.5) is 25.8 Å². The number of aryl methyl sites for hydroxylation is 1. The lowest BCUT2D eigenvalue weighted by atomic mass is 10.2. The molecule has 0 aliphatic heterocycles. The quantitative estimate of drug-likeness (QED) is 0.887. The highest BCUT2D eigenvalue weighted by atomic mass is 79.9. The van der Waals surface area contributed by atoms with Crippen molar-refractivity contribution in [3.05, 3.63) is 46.2 Å². The first kappa shape index (κ1) is 12.8. The number of nitrogens with zero attached hydrogens (tertiary/aromatic N) is 1. The highest BCUT2D eigenvalue weighted by Crippen LogP contribution is 2.33. The van der Waals surface area contributed by atoms with Crippen LogP contribution in [0.25, 0.3) is 0 Å². The molecule has 1 heterocycles. The smallest absolute Gasteiger partial charge is 0.152 e. The van der Waals surface area contributed by atoms with Crippen LogP contribution in [-0.4, -0.2) is 4.98 Å². The molecule has 18 heavy (non-hydrogen) atoms. The second-order valence-corrected chi connectivity index (χ2v) is 4.62. The summed E-state index contributed by atoms with van der Waals surface area (Å²) in [7, 11) is 0. The molecule has 94 valence electrons. The molecular weight excluding hydrogens is 304 g/mol. The number of benzene rings is 1. The minimum absolute atomic E-state index is 0.228. The molecular formula is C12H10BrF2N3. The van der Waals surface area contributed by atoms with Gasteiger partial charge in [-0.2, -0.15) is 0 Å². The van der Waals surface area contributed by atoms with Gasteiger partial charge >= 0.3 is 0 Å². The number of hydrogen-bond donors (Lipinski definition) is 2. The average Bonchev–Trinajstić information content (AvgIpc) is 2.33. The molecule has 0 radical (unpaired) electrons. The molecule has 0 aliphatic carbocycles. The number of nitrogens with two attached hydrogens (primary N) is 1. The maximum absolute atomic E-state index is 13.8. The minimum Gasteiger partial charge on any atom is -0.396 e. The molecule has 0 saturated heterocycles. The highest BCUT2D eigenvalue weighted by Gasteiger charge is 2.14.